The van der Waals surface area contributed by atoms with Crippen molar-refractivity contribution >= 4 is 42.1 Å². The highest BCUT2D eigenvalue weighted by Gasteiger charge is 2.26. The maximum Gasteiger partial charge on any atom is 0.224 e. The summed E-state index contributed by atoms with van der Waals surface area (Å²) in [6.45, 7) is 0. The number of nitrogens with two attached hydrogens (primary N) is 1. The lowest BCUT2D eigenvalue weighted by Crippen LogP contribution is -2.28. The van der Waals surface area contributed by atoms with E-state index < -0.39 is 0 Å². The SMILES string of the molecule is CN(C)c1ccccc1NC(=O)C[C@@H]1CCC[C@H]1N.Cl.Cl. The van der Waals surface area contributed by atoms with Crippen LogP contribution < -0.4 is 16.0 Å². The number of amides is 1. The Bertz CT molecular complexity index is 454. The van der Waals surface area contributed by atoms with Crippen LogP contribution in [0.15, 0.2) is 24.3 Å². The van der Waals surface area contributed by atoms with E-state index in [1.165, 1.54) is 0 Å². The first-order valence-corrected chi connectivity index (χ1v) is 6.89. The fraction of sp³-hybridized carbons (Fsp3) is 0.533. The minimum atomic E-state index is 0. The third-order valence-corrected chi connectivity index (χ3v) is 3.83. The summed E-state index contributed by atoms with van der Waals surface area (Å²) in [7, 11) is 3.94. The summed E-state index contributed by atoms with van der Waals surface area (Å²) in [5.74, 6) is 0.406. The summed E-state index contributed by atoms with van der Waals surface area (Å²) in [4.78, 5) is 14.1. The molecule has 2 atom stereocenters. The molecule has 4 nitrogen and oxygen atoms in total. The van der Waals surface area contributed by atoms with E-state index in [4.69, 9.17) is 5.73 Å². The lowest BCUT2D eigenvalue weighted by atomic mass is 10.00. The van der Waals surface area contributed by atoms with Gasteiger partial charge in [-0.2, -0.15) is 0 Å². The number of benzene rings is 1. The van der Waals surface area contributed by atoms with Crippen molar-refractivity contribution in [3.63, 3.8) is 0 Å². The van der Waals surface area contributed by atoms with Crippen LogP contribution in [0.25, 0.3) is 0 Å². The van der Waals surface area contributed by atoms with Crippen molar-refractivity contribution in [1.82, 2.24) is 0 Å². The number of nitrogens with one attached hydrogen (secondary N) is 1. The fourth-order valence-corrected chi connectivity index (χ4v) is 2.73. The Morgan fingerprint density at radius 1 is 1.29 bits per heavy atom. The number of hydrogen-bond acceptors (Lipinski definition) is 3. The molecule has 6 heteroatoms. The smallest absolute Gasteiger partial charge is 0.224 e. The van der Waals surface area contributed by atoms with Gasteiger partial charge in [0.05, 0.1) is 11.4 Å². The number of carbonyl (C=O) groups is 1. The largest absolute Gasteiger partial charge is 0.376 e. The molecule has 0 saturated heterocycles. The number of anilines is 2. The van der Waals surface area contributed by atoms with Crippen molar-refractivity contribution in [2.75, 3.05) is 24.3 Å². The molecule has 2 rings (SSSR count). The number of halogens is 2. The van der Waals surface area contributed by atoms with Crippen molar-refractivity contribution in [3.8, 4) is 0 Å². The van der Waals surface area contributed by atoms with Crippen LogP contribution in [0.3, 0.4) is 0 Å². The quantitative estimate of drug-likeness (QED) is 0.890. The molecule has 0 heterocycles. The zero-order valence-electron chi connectivity index (χ0n) is 12.5. The van der Waals surface area contributed by atoms with E-state index in [-0.39, 0.29) is 36.8 Å². The third-order valence-electron chi connectivity index (χ3n) is 3.83. The number of nitrogens with zero attached hydrogens (tertiary/aromatic N) is 1. The number of rotatable bonds is 4. The minimum absolute atomic E-state index is 0. The van der Waals surface area contributed by atoms with Crippen molar-refractivity contribution in [3.05, 3.63) is 24.3 Å². The molecular formula is C15H25Cl2N3O. The van der Waals surface area contributed by atoms with Crippen molar-refractivity contribution in [2.24, 2.45) is 11.7 Å². The van der Waals surface area contributed by atoms with E-state index in [1.807, 2.05) is 43.3 Å². The number of hydrogen-bond donors (Lipinski definition) is 2. The van der Waals surface area contributed by atoms with E-state index in [0.29, 0.717) is 12.3 Å². The molecule has 1 aromatic carbocycles. The van der Waals surface area contributed by atoms with Crippen LogP contribution in [0.2, 0.25) is 0 Å². The van der Waals surface area contributed by atoms with Crippen molar-refractivity contribution in [1.29, 1.82) is 0 Å². The molecule has 0 radical (unpaired) electrons. The first-order valence-electron chi connectivity index (χ1n) is 6.89. The predicted molar refractivity (Wildman–Crippen MR) is 93.8 cm³/mol. The van der Waals surface area contributed by atoms with E-state index in [2.05, 4.69) is 5.32 Å². The number of carbonyl (C=O) groups excluding carboxylic acids is 1. The molecule has 1 aromatic rings. The molecule has 1 fully saturated rings. The zero-order chi connectivity index (χ0) is 13.8. The summed E-state index contributed by atoms with van der Waals surface area (Å²) in [6, 6.07) is 8.02. The van der Waals surface area contributed by atoms with E-state index >= 15 is 0 Å². The molecule has 0 unspecified atom stereocenters. The maximum absolute atomic E-state index is 12.1. The van der Waals surface area contributed by atoms with Gasteiger partial charge in [-0.05, 0) is 30.9 Å². The lowest BCUT2D eigenvalue weighted by molar-refractivity contribution is -0.117. The Kier molecular flexibility index (Phi) is 8.71. The van der Waals surface area contributed by atoms with Crippen molar-refractivity contribution in [2.45, 2.75) is 31.7 Å². The van der Waals surface area contributed by atoms with E-state index in [0.717, 1.165) is 30.6 Å². The van der Waals surface area contributed by atoms with Gasteiger partial charge in [0.1, 0.15) is 0 Å². The molecule has 1 aliphatic carbocycles. The van der Waals surface area contributed by atoms with Gasteiger partial charge in [-0.3, -0.25) is 4.79 Å². The second-order valence-corrected chi connectivity index (χ2v) is 5.52. The monoisotopic (exact) mass is 333 g/mol. The highest BCUT2D eigenvalue weighted by molar-refractivity contribution is 5.94. The molecule has 0 aromatic heterocycles. The van der Waals surface area contributed by atoms with Gasteiger partial charge in [-0.1, -0.05) is 18.6 Å². The predicted octanol–water partition coefficient (Wildman–Crippen LogP) is 3.05. The average Bonchev–Trinajstić information content (AvgIpc) is 2.75. The van der Waals surface area contributed by atoms with Gasteiger partial charge in [-0.15, -0.1) is 24.8 Å². The van der Waals surface area contributed by atoms with Crippen LogP contribution in [0, 0.1) is 5.92 Å². The molecule has 0 spiro atoms. The Labute approximate surface area is 139 Å². The van der Waals surface area contributed by atoms with Gasteiger partial charge in [-0.25, -0.2) is 0 Å². The summed E-state index contributed by atoms with van der Waals surface area (Å²) in [5, 5.41) is 3.00. The lowest BCUT2D eigenvalue weighted by Gasteiger charge is -2.19. The summed E-state index contributed by atoms with van der Waals surface area (Å²) in [5.41, 5.74) is 7.90. The second kappa shape index (κ2) is 9.13. The third kappa shape index (κ3) is 5.38. The zero-order valence-corrected chi connectivity index (χ0v) is 14.2. The fourth-order valence-electron chi connectivity index (χ4n) is 2.73. The Hall–Kier alpha value is -0.970. The summed E-state index contributed by atoms with van der Waals surface area (Å²) < 4.78 is 0. The van der Waals surface area contributed by atoms with Gasteiger partial charge < -0.3 is 16.0 Å². The van der Waals surface area contributed by atoms with E-state index in [9.17, 15) is 4.79 Å². The minimum Gasteiger partial charge on any atom is -0.376 e. The van der Waals surface area contributed by atoms with Gasteiger partial charge in [0, 0.05) is 26.6 Å². The number of para-hydroxylation sites is 2. The van der Waals surface area contributed by atoms with Crippen LogP contribution in [0.4, 0.5) is 11.4 Å². The highest BCUT2D eigenvalue weighted by Crippen LogP contribution is 2.28. The molecule has 120 valence electrons. The van der Waals surface area contributed by atoms with Gasteiger partial charge in [0.25, 0.3) is 0 Å². The van der Waals surface area contributed by atoms with Crippen molar-refractivity contribution < 1.29 is 4.79 Å². The normalized spacial score (nSPS) is 20.1. The Morgan fingerprint density at radius 3 is 2.52 bits per heavy atom. The van der Waals surface area contributed by atoms with Crippen LogP contribution >= 0.6 is 24.8 Å². The van der Waals surface area contributed by atoms with Crippen LogP contribution in [-0.2, 0) is 4.79 Å². The molecule has 3 N–H and O–H groups in total. The Balaban J connectivity index is 0.00000200. The molecule has 0 bridgehead atoms. The van der Waals surface area contributed by atoms with Gasteiger partial charge in [0.2, 0.25) is 5.91 Å². The van der Waals surface area contributed by atoms with Crippen LogP contribution in [0.1, 0.15) is 25.7 Å². The van der Waals surface area contributed by atoms with Gasteiger partial charge in [0.15, 0.2) is 0 Å². The standard InChI is InChI=1S/C15H23N3O.2ClH/c1-18(2)14-9-4-3-8-13(14)17-15(19)10-11-6-5-7-12(11)16;;/h3-4,8-9,11-12H,5-7,10,16H2,1-2H3,(H,17,19);2*1H/t11-,12+;;/m0../s1. The Morgan fingerprint density at radius 2 is 1.95 bits per heavy atom. The second-order valence-electron chi connectivity index (χ2n) is 5.52. The van der Waals surface area contributed by atoms with Crippen LogP contribution in [-0.4, -0.2) is 26.0 Å². The molecule has 1 aliphatic rings. The van der Waals surface area contributed by atoms with E-state index in [1.54, 1.807) is 0 Å². The molecule has 0 aliphatic heterocycles. The highest BCUT2D eigenvalue weighted by atomic mass is 35.5. The molecule has 1 saturated carbocycles. The summed E-state index contributed by atoms with van der Waals surface area (Å²) in [6.07, 6.45) is 3.80. The first kappa shape index (κ1) is 20.0. The molecular weight excluding hydrogens is 309 g/mol. The van der Waals surface area contributed by atoms with Crippen LogP contribution in [0.5, 0.6) is 0 Å². The topological polar surface area (TPSA) is 58.4 Å². The molecule has 1 amide bonds. The van der Waals surface area contributed by atoms with Gasteiger partial charge >= 0.3 is 0 Å². The molecule has 21 heavy (non-hydrogen) atoms. The maximum atomic E-state index is 12.1. The first-order chi connectivity index (χ1) is 9.08. The average molecular weight is 334 g/mol. The summed E-state index contributed by atoms with van der Waals surface area (Å²) >= 11 is 0.